The average molecular weight is 959 g/mol. The van der Waals surface area contributed by atoms with Crippen molar-refractivity contribution in [3.63, 3.8) is 0 Å². The van der Waals surface area contributed by atoms with Gasteiger partial charge in [-0.2, -0.15) is 0 Å². The van der Waals surface area contributed by atoms with Crippen molar-refractivity contribution in [1.82, 2.24) is 0 Å². The van der Waals surface area contributed by atoms with Crippen molar-refractivity contribution in [3.05, 3.63) is 109 Å². The zero-order valence-corrected chi connectivity index (χ0v) is 40.3. The van der Waals surface area contributed by atoms with Crippen LogP contribution < -0.4 is 0 Å². The predicted octanol–water partition coefficient (Wildman–Crippen LogP) is 6.37. The number of esters is 2. The Kier molecular flexibility index (Phi) is 34.5. The van der Waals surface area contributed by atoms with Crippen LogP contribution >= 0.6 is 0 Å². The molecule has 2 heterocycles. The molecule has 0 saturated carbocycles. The maximum Gasteiger partial charge on any atom is 0.310 e. The number of hydrogen-bond acceptors (Lipinski definition) is 15. The second kappa shape index (κ2) is 38.9. The summed E-state index contributed by atoms with van der Waals surface area (Å²) < 4.78 is 33.4. The molecular weight excluding hydrogens is 877 g/mol. The van der Waals surface area contributed by atoms with Gasteiger partial charge in [0, 0.05) is 6.42 Å². The van der Waals surface area contributed by atoms with Gasteiger partial charge in [-0.05, 0) is 77.0 Å². The highest BCUT2D eigenvalue weighted by molar-refractivity contribution is 5.71. The van der Waals surface area contributed by atoms with Gasteiger partial charge in [0.2, 0.25) is 0 Å². The number of aliphatic hydroxyl groups excluding tert-OH is 7. The van der Waals surface area contributed by atoms with Crippen molar-refractivity contribution < 1.29 is 73.8 Å². The first-order chi connectivity index (χ1) is 33.0. The zero-order chi connectivity index (χ0) is 49.6. The van der Waals surface area contributed by atoms with Crippen molar-refractivity contribution in [2.24, 2.45) is 0 Å². The van der Waals surface area contributed by atoms with E-state index in [1.54, 1.807) is 6.08 Å². The van der Waals surface area contributed by atoms with Gasteiger partial charge in [0.05, 0.1) is 26.2 Å². The molecule has 2 aliphatic heterocycles. The highest BCUT2D eigenvalue weighted by Gasteiger charge is 2.47. The molecule has 0 aromatic rings. The van der Waals surface area contributed by atoms with E-state index in [4.69, 9.17) is 28.4 Å². The first-order valence-electron chi connectivity index (χ1n) is 24.5. The van der Waals surface area contributed by atoms with Crippen LogP contribution in [0.4, 0.5) is 0 Å². The Labute approximate surface area is 404 Å². The van der Waals surface area contributed by atoms with E-state index in [2.05, 4.69) is 98.9 Å². The maximum absolute atomic E-state index is 12.9. The number of carbonyl (C=O) groups is 2. The molecule has 2 saturated heterocycles. The first kappa shape index (κ1) is 60.3. The van der Waals surface area contributed by atoms with Crippen molar-refractivity contribution >= 4 is 11.9 Å². The van der Waals surface area contributed by atoms with Gasteiger partial charge in [0.15, 0.2) is 18.7 Å². The van der Waals surface area contributed by atoms with Crippen LogP contribution in [0, 0.1) is 0 Å². The largest absolute Gasteiger partial charge is 0.462 e. The molecule has 0 aromatic heterocycles. The summed E-state index contributed by atoms with van der Waals surface area (Å²) in [5.74, 6) is -1.11. The van der Waals surface area contributed by atoms with Crippen LogP contribution in [0.25, 0.3) is 0 Å². The molecule has 2 rings (SSSR count). The summed E-state index contributed by atoms with van der Waals surface area (Å²) in [6.45, 7) is 2.19. The van der Waals surface area contributed by atoms with E-state index in [0.29, 0.717) is 12.8 Å². The summed E-state index contributed by atoms with van der Waals surface area (Å²) in [6, 6.07) is 0. The molecular formula is C53H82O15. The minimum Gasteiger partial charge on any atom is -0.462 e. The average Bonchev–Trinajstić information content (AvgIpc) is 3.33. The monoisotopic (exact) mass is 959 g/mol. The Morgan fingerprint density at radius 3 is 1.44 bits per heavy atom. The Bertz CT molecular complexity index is 1600. The fourth-order valence-corrected chi connectivity index (χ4v) is 6.81. The van der Waals surface area contributed by atoms with E-state index in [1.807, 2.05) is 18.2 Å². The fraction of sp³-hybridized carbons (Fsp3) is 0.623. The lowest BCUT2D eigenvalue weighted by Crippen LogP contribution is -2.61. The van der Waals surface area contributed by atoms with Crippen molar-refractivity contribution in [2.75, 3.05) is 26.4 Å². The number of rotatable bonds is 35. The summed E-state index contributed by atoms with van der Waals surface area (Å²) in [4.78, 5) is 25.7. The second-order valence-corrected chi connectivity index (χ2v) is 16.5. The molecule has 0 spiro atoms. The minimum absolute atomic E-state index is 0.0797. The molecule has 2 aliphatic rings. The van der Waals surface area contributed by atoms with E-state index >= 15 is 0 Å². The standard InChI is InChI=1S/C53H82O15/c1-3-5-7-9-11-13-15-17-19-20-22-23-25-27-29-31-33-35-44(55)63-38-41(66-45(56)36-34-32-30-28-26-24-21-18-16-14-12-10-8-6-4-2)39-64-52-51(62)49(60)47(58)43(68-52)40-65-53-50(61)48(59)46(57)42(37-54)67-53/h5-8,11-14,17-19,21-23,26,28,32,34,41-43,46-54,57-62H,3-4,9-10,15-16,20,24-25,27,29-31,33,35-40H2,1-2H3/b7-5-,8-6-,13-11-,14-12-,19-17-,21-18-,23-22-,28-26-,34-32-. The van der Waals surface area contributed by atoms with Crippen LogP contribution in [0.15, 0.2) is 109 Å². The van der Waals surface area contributed by atoms with Gasteiger partial charge in [-0.15, -0.1) is 0 Å². The fourth-order valence-electron chi connectivity index (χ4n) is 6.81. The summed E-state index contributed by atoms with van der Waals surface area (Å²) in [6.07, 6.45) is 32.9. The van der Waals surface area contributed by atoms with Gasteiger partial charge in [0.25, 0.3) is 0 Å². The Balaban J connectivity index is 1.88. The third-order valence-corrected chi connectivity index (χ3v) is 10.8. The highest BCUT2D eigenvalue weighted by Crippen LogP contribution is 2.26. The molecule has 11 atom stereocenters. The molecule has 0 aromatic carbocycles. The zero-order valence-electron chi connectivity index (χ0n) is 40.3. The van der Waals surface area contributed by atoms with Crippen LogP contribution in [0.3, 0.4) is 0 Å². The molecule has 0 bridgehead atoms. The van der Waals surface area contributed by atoms with Crippen LogP contribution in [-0.2, 0) is 38.0 Å². The Morgan fingerprint density at radius 2 is 0.926 bits per heavy atom. The molecule has 15 nitrogen and oxygen atoms in total. The Morgan fingerprint density at radius 1 is 0.485 bits per heavy atom. The van der Waals surface area contributed by atoms with E-state index < -0.39 is 99.3 Å². The number of ether oxygens (including phenoxy) is 6. The predicted molar refractivity (Wildman–Crippen MR) is 261 cm³/mol. The van der Waals surface area contributed by atoms with E-state index in [0.717, 1.165) is 77.0 Å². The lowest BCUT2D eigenvalue weighted by molar-refractivity contribution is -0.332. The number of carbonyl (C=O) groups excluding carboxylic acids is 2. The summed E-state index contributed by atoms with van der Waals surface area (Å²) >= 11 is 0. The highest BCUT2D eigenvalue weighted by atomic mass is 16.7. The van der Waals surface area contributed by atoms with E-state index in [9.17, 15) is 45.3 Å². The van der Waals surface area contributed by atoms with Crippen molar-refractivity contribution in [3.8, 4) is 0 Å². The third-order valence-electron chi connectivity index (χ3n) is 10.8. The van der Waals surface area contributed by atoms with Gasteiger partial charge in [0.1, 0.15) is 55.4 Å². The summed E-state index contributed by atoms with van der Waals surface area (Å²) in [5, 5.41) is 72.0. The smallest absolute Gasteiger partial charge is 0.310 e. The van der Waals surface area contributed by atoms with Gasteiger partial charge in [-0.1, -0.05) is 136 Å². The van der Waals surface area contributed by atoms with Gasteiger partial charge >= 0.3 is 11.9 Å². The number of allylic oxidation sites excluding steroid dienone is 17. The van der Waals surface area contributed by atoms with Gasteiger partial charge < -0.3 is 64.2 Å². The van der Waals surface area contributed by atoms with Crippen molar-refractivity contribution in [2.45, 2.75) is 184 Å². The summed E-state index contributed by atoms with van der Waals surface area (Å²) in [5.41, 5.74) is 0. The molecule has 0 amide bonds. The SMILES string of the molecule is CC/C=C\C/C=C\C/C=C\C/C=C\C/C=C\CC(=O)OC(COC(=O)CCCCCC/C=C\C/C=C\C/C=C\C/C=C\CC)COC1OC(COC2OC(CO)C(O)C(O)C2O)C(O)C(O)C1O. The number of aliphatic hydroxyl groups is 7. The number of unbranched alkanes of at least 4 members (excludes halogenated alkanes) is 4. The number of hydrogen-bond donors (Lipinski definition) is 7. The molecule has 15 heteroatoms. The first-order valence-corrected chi connectivity index (χ1v) is 24.5. The quantitative estimate of drug-likeness (QED) is 0.0208. The molecule has 7 N–H and O–H groups in total. The molecule has 0 radical (unpaired) electrons. The van der Waals surface area contributed by atoms with Crippen LogP contribution in [0.1, 0.15) is 117 Å². The maximum atomic E-state index is 12.9. The second-order valence-electron chi connectivity index (χ2n) is 16.5. The summed E-state index contributed by atoms with van der Waals surface area (Å²) in [7, 11) is 0. The molecule has 384 valence electrons. The minimum atomic E-state index is -1.79. The van der Waals surface area contributed by atoms with Crippen LogP contribution in [0.2, 0.25) is 0 Å². The molecule has 2 fully saturated rings. The molecule has 0 aliphatic carbocycles. The third kappa shape index (κ3) is 26.8. The normalized spacial score (nSPS) is 26.7. The lowest BCUT2D eigenvalue weighted by atomic mass is 9.98. The Hall–Kier alpha value is -3.84. The van der Waals surface area contributed by atoms with E-state index in [1.165, 1.54) is 0 Å². The van der Waals surface area contributed by atoms with Crippen LogP contribution in [0.5, 0.6) is 0 Å². The van der Waals surface area contributed by atoms with Crippen LogP contribution in [-0.4, -0.2) is 142 Å². The van der Waals surface area contributed by atoms with Crippen molar-refractivity contribution in [1.29, 1.82) is 0 Å². The van der Waals surface area contributed by atoms with Gasteiger partial charge in [-0.25, -0.2) is 0 Å². The molecule has 68 heavy (non-hydrogen) atoms. The lowest BCUT2D eigenvalue weighted by Gasteiger charge is -2.42. The molecule has 11 unspecified atom stereocenters. The van der Waals surface area contributed by atoms with E-state index in [-0.39, 0.29) is 19.4 Å². The topological polar surface area (TPSA) is 231 Å². The van der Waals surface area contributed by atoms with Gasteiger partial charge in [-0.3, -0.25) is 9.59 Å².